The highest BCUT2D eigenvalue weighted by molar-refractivity contribution is 6.31. The van der Waals surface area contributed by atoms with Crippen LogP contribution in [0.2, 0.25) is 5.02 Å². The number of imide groups is 1. The number of nitrogens with zero attached hydrogens (tertiary/aromatic N) is 2. The molecular weight excluding hydrogens is 366 g/mol. The summed E-state index contributed by atoms with van der Waals surface area (Å²) in [6.07, 6.45) is 3.73. The predicted octanol–water partition coefficient (Wildman–Crippen LogP) is 3.11. The molecule has 2 unspecified atom stereocenters. The SMILES string of the molecule is CC(c1ccccc1Cl)N(C(=O)CN1C(=O)NC(C)(C2CC2)C1=O)C1CC1. The maximum atomic E-state index is 13.1. The molecule has 1 saturated heterocycles. The molecule has 1 N–H and O–H groups in total. The third-order valence-electron chi connectivity index (χ3n) is 5.99. The summed E-state index contributed by atoms with van der Waals surface area (Å²) in [4.78, 5) is 41.1. The van der Waals surface area contributed by atoms with Crippen molar-refractivity contribution in [1.29, 1.82) is 0 Å². The van der Waals surface area contributed by atoms with Crippen LogP contribution < -0.4 is 5.32 Å². The third-order valence-corrected chi connectivity index (χ3v) is 6.33. The molecule has 0 spiro atoms. The Kier molecular flexibility index (Phi) is 4.41. The fourth-order valence-electron chi connectivity index (χ4n) is 4.07. The number of carbonyl (C=O) groups is 3. The first-order valence-corrected chi connectivity index (χ1v) is 9.90. The Bertz CT molecular complexity index is 805. The number of hydrogen-bond donors (Lipinski definition) is 1. The van der Waals surface area contributed by atoms with E-state index in [2.05, 4.69) is 5.32 Å². The van der Waals surface area contributed by atoms with E-state index in [1.165, 1.54) is 0 Å². The second kappa shape index (κ2) is 6.51. The number of urea groups is 1. The zero-order valence-electron chi connectivity index (χ0n) is 15.6. The van der Waals surface area contributed by atoms with Gasteiger partial charge in [0, 0.05) is 11.1 Å². The topological polar surface area (TPSA) is 69.7 Å². The number of carbonyl (C=O) groups excluding carboxylic acids is 3. The van der Waals surface area contributed by atoms with Crippen molar-refractivity contribution < 1.29 is 14.4 Å². The highest BCUT2D eigenvalue weighted by atomic mass is 35.5. The molecule has 2 saturated carbocycles. The minimum Gasteiger partial charge on any atom is -0.331 e. The van der Waals surface area contributed by atoms with E-state index in [1.54, 1.807) is 11.8 Å². The van der Waals surface area contributed by atoms with Gasteiger partial charge in [0.05, 0.1) is 6.04 Å². The number of benzene rings is 1. The predicted molar refractivity (Wildman–Crippen MR) is 101 cm³/mol. The van der Waals surface area contributed by atoms with Gasteiger partial charge in [-0.2, -0.15) is 0 Å². The van der Waals surface area contributed by atoms with Crippen LogP contribution in [-0.4, -0.2) is 45.8 Å². The van der Waals surface area contributed by atoms with Gasteiger partial charge >= 0.3 is 6.03 Å². The van der Waals surface area contributed by atoms with Crippen molar-refractivity contribution in [3.05, 3.63) is 34.9 Å². The van der Waals surface area contributed by atoms with Crippen LogP contribution in [0.15, 0.2) is 24.3 Å². The molecular formula is C20H24ClN3O3. The van der Waals surface area contributed by atoms with Crippen molar-refractivity contribution in [2.45, 2.75) is 57.2 Å². The van der Waals surface area contributed by atoms with Crippen LogP contribution in [0, 0.1) is 5.92 Å². The van der Waals surface area contributed by atoms with Gasteiger partial charge in [0.1, 0.15) is 12.1 Å². The molecule has 2 atom stereocenters. The first-order chi connectivity index (χ1) is 12.8. The lowest BCUT2D eigenvalue weighted by Gasteiger charge is -2.31. The number of rotatable bonds is 6. The summed E-state index contributed by atoms with van der Waals surface area (Å²) in [6.45, 7) is 3.48. The van der Waals surface area contributed by atoms with Crippen LogP contribution in [0.25, 0.3) is 0 Å². The highest BCUT2D eigenvalue weighted by Gasteiger charge is 2.56. The van der Waals surface area contributed by atoms with Crippen molar-refractivity contribution in [2.75, 3.05) is 6.54 Å². The summed E-state index contributed by atoms with van der Waals surface area (Å²) in [5, 5.41) is 3.41. The lowest BCUT2D eigenvalue weighted by molar-refractivity contribution is -0.140. The summed E-state index contributed by atoms with van der Waals surface area (Å²) < 4.78 is 0. The second-order valence-corrected chi connectivity index (χ2v) is 8.43. The summed E-state index contributed by atoms with van der Waals surface area (Å²) >= 11 is 6.32. The number of amides is 4. The molecule has 1 aromatic carbocycles. The molecule has 144 valence electrons. The lowest BCUT2D eigenvalue weighted by Crippen LogP contribution is -2.48. The van der Waals surface area contributed by atoms with E-state index in [0.29, 0.717) is 5.02 Å². The molecule has 1 heterocycles. The molecule has 3 aliphatic rings. The molecule has 4 rings (SSSR count). The van der Waals surface area contributed by atoms with Crippen molar-refractivity contribution in [3.8, 4) is 0 Å². The van der Waals surface area contributed by atoms with E-state index in [-0.39, 0.29) is 36.4 Å². The third kappa shape index (κ3) is 3.20. The van der Waals surface area contributed by atoms with E-state index >= 15 is 0 Å². The summed E-state index contributed by atoms with van der Waals surface area (Å²) in [6, 6.07) is 6.92. The number of hydrogen-bond acceptors (Lipinski definition) is 3. The van der Waals surface area contributed by atoms with E-state index in [1.807, 2.05) is 31.2 Å². The molecule has 1 aliphatic heterocycles. The smallest absolute Gasteiger partial charge is 0.325 e. The summed E-state index contributed by atoms with van der Waals surface area (Å²) in [7, 11) is 0. The zero-order chi connectivity index (χ0) is 19.3. The van der Waals surface area contributed by atoms with E-state index < -0.39 is 11.6 Å². The Hall–Kier alpha value is -2.08. The van der Waals surface area contributed by atoms with Crippen LogP contribution in [-0.2, 0) is 9.59 Å². The molecule has 7 heteroatoms. The fourth-order valence-corrected chi connectivity index (χ4v) is 4.36. The van der Waals surface area contributed by atoms with Gasteiger partial charge in [0.25, 0.3) is 5.91 Å². The van der Waals surface area contributed by atoms with E-state index in [4.69, 9.17) is 11.6 Å². The average Bonchev–Trinajstić information content (AvgIpc) is 3.52. The van der Waals surface area contributed by atoms with Gasteiger partial charge in [0.2, 0.25) is 5.91 Å². The Morgan fingerprint density at radius 3 is 2.56 bits per heavy atom. The molecule has 3 fully saturated rings. The molecule has 0 radical (unpaired) electrons. The summed E-state index contributed by atoms with van der Waals surface area (Å²) in [5.41, 5.74) is 0.00953. The van der Waals surface area contributed by atoms with Gasteiger partial charge in [-0.15, -0.1) is 0 Å². The Balaban J connectivity index is 1.53. The van der Waals surface area contributed by atoms with Gasteiger partial charge in [0.15, 0.2) is 0 Å². The molecule has 2 aliphatic carbocycles. The van der Waals surface area contributed by atoms with Gasteiger partial charge in [-0.25, -0.2) is 4.79 Å². The Morgan fingerprint density at radius 1 is 1.30 bits per heavy atom. The van der Waals surface area contributed by atoms with Crippen molar-refractivity contribution in [3.63, 3.8) is 0 Å². The second-order valence-electron chi connectivity index (χ2n) is 8.03. The quantitative estimate of drug-likeness (QED) is 0.760. The molecule has 6 nitrogen and oxygen atoms in total. The molecule has 1 aromatic rings. The normalized spacial score (nSPS) is 26.1. The Labute approximate surface area is 163 Å². The van der Waals surface area contributed by atoms with Gasteiger partial charge < -0.3 is 10.2 Å². The number of nitrogens with one attached hydrogen (secondary N) is 1. The van der Waals surface area contributed by atoms with Crippen LogP contribution in [0.3, 0.4) is 0 Å². The van der Waals surface area contributed by atoms with Gasteiger partial charge in [-0.05, 0) is 57.1 Å². The van der Waals surface area contributed by atoms with Crippen LogP contribution in [0.1, 0.15) is 51.1 Å². The average molecular weight is 390 g/mol. The molecule has 4 amide bonds. The van der Waals surface area contributed by atoms with Gasteiger partial charge in [-0.3, -0.25) is 14.5 Å². The molecule has 0 bridgehead atoms. The monoisotopic (exact) mass is 389 g/mol. The van der Waals surface area contributed by atoms with Gasteiger partial charge in [-0.1, -0.05) is 29.8 Å². The fraction of sp³-hybridized carbons (Fsp3) is 0.550. The first-order valence-electron chi connectivity index (χ1n) is 9.52. The highest BCUT2D eigenvalue weighted by Crippen LogP contribution is 2.43. The van der Waals surface area contributed by atoms with Crippen LogP contribution >= 0.6 is 11.6 Å². The van der Waals surface area contributed by atoms with E-state index in [9.17, 15) is 14.4 Å². The van der Waals surface area contributed by atoms with Crippen molar-refractivity contribution >= 4 is 29.4 Å². The van der Waals surface area contributed by atoms with Crippen molar-refractivity contribution in [2.24, 2.45) is 5.92 Å². The maximum absolute atomic E-state index is 13.1. The zero-order valence-corrected chi connectivity index (χ0v) is 16.3. The number of halogens is 1. The standard InChI is InChI=1S/C20H24ClN3O3/c1-12(15-5-3-4-6-16(15)21)24(14-9-10-14)17(25)11-23-18(26)20(2,13-7-8-13)22-19(23)27/h3-6,12-14H,7-11H2,1-2H3,(H,22,27). The first kappa shape index (κ1) is 18.3. The van der Waals surface area contributed by atoms with Crippen molar-refractivity contribution in [1.82, 2.24) is 15.1 Å². The minimum atomic E-state index is -0.865. The van der Waals surface area contributed by atoms with Crippen LogP contribution in [0.4, 0.5) is 4.79 Å². The lowest BCUT2D eigenvalue weighted by atomic mass is 9.96. The largest absolute Gasteiger partial charge is 0.331 e. The Morgan fingerprint density at radius 2 is 1.96 bits per heavy atom. The molecule has 0 aromatic heterocycles. The van der Waals surface area contributed by atoms with Crippen LogP contribution in [0.5, 0.6) is 0 Å². The maximum Gasteiger partial charge on any atom is 0.325 e. The molecule has 27 heavy (non-hydrogen) atoms. The minimum absolute atomic E-state index is 0.138. The summed E-state index contributed by atoms with van der Waals surface area (Å²) in [5.74, 6) is -0.325. The van der Waals surface area contributed by atoms with E-state index in [0.717, 1.165) is 36.1 Å².